The molecule has 1 aliphatic heterocycles. The highest BCUT2D eigenvalue weighted by Crippen LogP contribution is 2.44. The van der Waals surface area contributed by atoms with Gasteiger partial charge in [-0.25, -0.2) is 0 Å². The first-order valence-electron chi connectivity index (χ1n) is 9.03. The molecule has 0 saturated heterocycles. The van der Waals surface area contributed by atoms with E-state index in [9.17, 15) is 0 Å². The van der Waals surface area contributed by atoms with Gasteiger partial charge >= 0.3 is 0 Å². The smallest absolute Gasteiger partial charge is 0.0630 e. The van der Waals surface area contributed by atoms with Crippen LogP contribution in [0.15, 0.2) is 41.4 Å². The molecule has 0 amide bonds. The van der Waals surface area contributed by atoms with Crippen molar-refractivity contribution in [3.05, 3.63) is 56.7 Å². The Hall–Kier alpha value is -1.36. The molecule has 0 aromatic heterocycles. The third-order valence-corrected chi connectivity index (χ3v) is 5.99. The Labute approximate surface area is 165 Å². The van der Waals surface area contributed by atoms with Gasteiger partial charge in [0.1, 0.15) is 0 Å². The van der Waals surface area contributed by atoms with E-state index in [4.69, 9.17) is 0 Å². The molecule has 1 heterocycles. The number of benzene rings is 2. The van der Waals surface area contributed by atoms with E-state index in [1.54, 1.807) is 0 Å². The minimum absolute atomic E-state index is 0.213. The molecular weight excluding hydrogens is 419 g/mol. The van der Waals surface area contributed by atoms with Gasteiger partial charge in [-0.2, -0.15) is 0 Å². The number of halogens is 1. The summed E-state index contributed by atoms with van der Waals surface area (Å²) in [5.41, 5.74) is 6.58. The molecule has 0 fully saturated rings. The molecule has 1 aliphatic rings. The molecular formula is C22H27IN2. The Kier molecular flexibility index (Phi) is 5.24. The van der Waals surface area contributed by atoms with Crippen LogP contribution in [0.2, 0.25) is 0 Å². The molecule has 0 N–H and O–H groups in total. The van der Waals surface area contributed by atoms with Gasteiger partial charge in [0.2, 0.25) is 0 Å². The average Bonchev–Trinajstić information content (AvgIpc) is 2.54. The number of rotatable bonds is 3. The number of fused-ring (bicyclic) bond motifs is 1. The Bertz CT molecular complexity index is 790. The van der Waals surface area contributed by atoms with Crippen molar-refractivity contribution in [3.63, 3.8) is 0 Å². The molecule has 0 saturated carbocycles. The van der Waals surface area contributed by atoms with E-state index >= 15 is 0 Å². The van der Waals surface area contributed by atoms with Crippen molar-refractivity contribution in [2.45, 2.75) is 52.5 Å². The summed E-state index contributed by atoms with van der Waals surface area (Å²) in [5.74, 6) is 0.568. The minimum atomic E-state index is 0.213. The van der Waals surface area contributed by atoms with Crippen molar-refractivity contribution in [2.75, 3.05) is 11.4 Å². The highest BCUT2D eigenvalue weighted by Gasteiger charge is 2.35. The number of hydrogen-bond donors (Lipinski definition) is 0. The van der Waals surface area contributed by atoms with E-state index in [1.165, 1.54) is 32.4 Å². The molecule has 1 unspecified atom stereocenters. The maximum Gasteiger partial charge on any atom is 0.0630 e. The molecule has 0 spiro atoms. The van der Waals surface area contributed by atoms with Crippen molar-refractivity contribution < 1.29 is 0 Å². The van der Waals surface area contributed by atoms with E-state index < -0.39 is 0 Å². The van der Waals surface area contributed by atoms with Crippen LogP contribution in [-0.2, 0) is 0 Å². The topological polar surface area (TPSA) is 15.6 Å². The van der Waals surface area contributed by atoms with Gasteiger partial charge < -0.3 is 4.90 Å². The Balaban J connectivity index is 1.99. The van der Waals surface area contributed by atoms with Crippen molar-refractivity contribution in [1.82, 2.24) is 0 Å². The first kappa shape index (κ1) is 18.4. The number of anilines is 1. The van der Waals surface area contributed by atoms with E-state index in [0.717, 1.165) is 12.2 Å². The summed E-state index contributed by atoms with van der Waals surface area (Å²) in [7, 11) is 0. The molecule has 2 nitrogen and oxygen atoms in total. The quantitative estimate of drug-likeness (QED) is 0.390. The Morgan fingerprint density at radius 2 is 1.92 bits per heavy atom. The summed E-state index contributed by atoms with van der Waals surface area (Å²) in [6.07, 6.45) is 3.20. The zero-order chi connectivity index (χ0) is 18.2. The molecule has 2 aromatic carbocycles. The second kappa shape index (κ2) is 7.10. The largest absolute Gasteiger partial charge is 0.366 e. The molecule has 3 rings (SSSR count). The fourth-order valence-electron chi connectivity index (χ4n) is 4.06. The number of aliphatic imine (C=N–C) groups is 1. The lowest BCUT2D eigenvalue weighted by molar-refractivity contribution is 0.381. The summed E-state index contributed by atoms with van der Waals surface area (Å²) in [6.45, 7) is 12.6. The van der Waals surface area contributed by atoms with E-state index in [0.29, 0.717) is 5.92 Å². The van der Waals surface area contributed by atoms with Gasteiger partial charge in [-0.3, -0.25) is 4.99 Å². The SMILES string of the molecule is CCN1c2cc(C)c(C=Nc3ccc(I)cc3)cc2C(C)CC1(C)C. The van der Waals surface area contributed by atoms with Crippen molar-refractivity contribution in [1.29, 1.82) is 0 Å². The van der Waals surface area contributed by atoms with E-state index in [2.05, 4.69) is 104 Å². The standard InChI is InChI=1S/C22H27IN2/c1-6-25-21-11-15(2)17(12-20(21)16(3)13-22(25,4)5)14-24-19-9-7-18(23)8-10-19/h7-12,14,16H,6,13H2,1-5H3. The van der Waals surface area contributed by atoms with Crippen molar-refractivity contribution in [2.24, 2.45) is 4.99 Å². The van der Waals surface area contributed by atoms with Crippen LogP contribution in [-0.4, -0.2) is 18.3 Å². The van der Waals surface area contributed by atoms with Gasteiger partial charge in [0.05, 0.1) is 5.69 Å². The Morgan fingerprint density at radius 1 is 1.24 bits per heavy atom. The number of hydrogen-bond acceptors (Lipinski definition) is 2. The second-order valence-electron chi connectivity index (χ2n) is 7.66. The van der Waals surface area contributed by atoms with Gasteiger partial charge in [0.15, 0.2) is 0 Å². The number of nitrogens with zero attached hydrogens (tertiary/aromatic N) is 2. The molecule has 2 aromatic rings. The first-order valence-corrected chi connectivity index (χ1v) is 10.1. The van der Waals surface area contributed by atoms with Crippen LogP contribution in [0.1, 0.15) is 56.7 Å². The summed E-state index contributed by atoms with van der Waals surface area (Å²) < 4.78 is 1.23. The lowest BCUT2D eigenvalue weighted by atomic mass is 9.79. The maximum atomic E-state index is 4.68. The van der Waals surface area contributed by atoms with Gasteiger partial charge in [0.25, 0.3) is 0 Å². The van der Waals surface area contributed by atoms with Crippen LogP contribution in [0.25, 0.3) is 0 Å². The maximum absolute atomic E-state index is 4.68. The Morgan fingerprint density at radius 3 is 2.56 bits per heavy atom. The minimum Gasteiger partial charge on any atom is -0.366 e. The third-order valence-electron chi connectivity index (χ3n) is 5.27. The van der Waals surface area contributed by atoms with Crippen LogP contribution >= 0.6 is 22.6 Å². The predicted molar refractivity (Wildman–Crippen MR) is 118 cm³/mol. The molecule has 3 heteroatoms. The zero-order valence-corrected chi connectivity index (χ0v) is 18.0. The molecule has 25 heavy (non-hydrogen) atoms. The van der Waals surface area contributed by atoms with Gasteiger partial charge in [0, 0.05) is 27.6 Å². The summed E-state index contributed by atoms with van der Waals surface area (Å²) in [5, 5.41) is 0. The predicted octanol–water partition coefficient (Wildman–Crippen LogP) is 6.46. The van der Waals surface area contributed by atoms with Gasteiger partial charge in [-0.1, -0.05) is 6.92 Å². The summed E-state index contributed by atoms with van der Waals surface area (Å²) in [6, 6.07) is 13.0. The highest BCUT2D eigenvalue weighted by atomic mass is 127. The number of aryl methyl sites for hydroxylation is 1. The monoisotopic (exact) mass is 446 g/mol. The van der Waals surface area contributed by atoms with Crippen molar-refractivity contribution >= 4 is 40.2 Å². The van der Waals surface area contributed by atoms with Crippen molar-refractivity contribution in [3.8, 4) is 0 Å². The van der Waals surface area contributed by atoms with Gasteiger partial charge in [-0.05, 0) is 116 Å². The average molecular weight is 446 g/mol. The van der Waals surface area contributed by atoms with E-state index in [1.807, 2.05) is 6.21 Å². The molecule has 0 aliphatic carbocycles. The van der Waals surface area contributed by atoms with Crippen LogP contribution in [0.5, 0.6) is 0 Å². The fraction of sp³-hybridized carbons (Fsp3) is 0.409. The molecule has 1 atom stereocenters. The third kappa shape index (κ3) is 3.76. The normalized spacial score (nSPS) is 19.3. The van der Waals surface area contributed by atoms with Gasteiger partial charge in [-0.15, -0.1) is 0 Å². The molecule has 132 valence electrons. The van der Waals surface area contributed by atoms with Crippen LogP contribution in [0.3, 0.4) is 0 Å². The molecule has 0 radical (unpaired) electrons. The second-order valence-corrected chi connectivity index (χ2v) is 8.91. The summed E-state index contributed by atoms with van der Waals surface area (Å²) in [4.78, 5) is 7.23. The molecule has 0 bridgehead atoms. The van der Waals surface area contributed by atoms with Crippen LogP contribution in [0, 0.1) is 10.5 Å². The lowest BCUT2D eigenvalue weighted by Crippen LogP contribution is -2.48. The fourth-order valence-corrected chi connectivity index (χ4v) is 4.42. The summed E-state index contributed by atoms with van der Waals surface area (Å²) >= 11 is 2.32. The van der Waals surface area contributed by atoms with Crippen LogP contribution < -0.4 is 4.90 Å². The lowest BCUT2D eigenvalue weighted by Gasteiger charge is -2.47. The zero-order valence-electron chi connectivity index (χ0n) is 15.8. The first-order chi connectivity index (χ1) is 11.8. The van der Waals surface area contributed by atoms with Crippen LogP contribution in [0.4, 0.5) is 11.4 Å². The highest BCUT2D eigenvalue weighted by molar-refractivity contribution is 14.1. The van der Waals surface area contributed by atoms with E-state index in [-0.39, 0.29) is 5.54 Å².